The molecule has 0 radical (unpaired) electrons. The molecule has 1 amide bonds. The number of aliphatic imine (C=N–C) groups is 1. The number of nitrogens with zero attached hydrogens (tertiary/aromatic N) is 2. The number of hydroxylamine groups is 2. The Morgan fingerprint density at radius 3 is 2.28 bits per heavy atom. The van der Waals surface area contributed by atoms with Crippen molar-refractivity contribution in [3.05, 3.63) is 0 Å². The van der Waals surface area contributed by atoms with Crippen LogP contribution in [0.4, 0.5) is 4.79 Å². The van der Waals surface area contributed by atoms with Gasteiger partial charge in [-0.25, -0.2) is 19.4 Å². The van der Waals surface area contributed by atoms with Gasteiger partial charge in [-0.05, 0) is 82.5 Å². The van der Waals surface area contributed by atoms with Gasteiger partial charge in [0.05, 0.1) is 30.8 Å². The average molecular weight is 706 g/mol. The molecule has 0 bridgehead atoms. The number of rotatable bonds is 19. The highest BCUT2D eigenvalue weighted by Gasteiger charge is 2.55. The third-order valence-corrected chi connectivity index (χ3v) is 11.5. The van der Waals surface area contributed by atoms with Crippen molar-refractivity contribution in [2.45, 2.75) is 176 Å². The largest absolute Gasteiger partial charge is 0.464 e. The molecule has 2 aliphatic rings. The van der Waals surface area contributed by atoms with Crippen LogP contribution in [-0.2, 0) is 33.5 Å². The van der Waals surface area contributed by atoms with Crippen LogP contribution < -0.4 is 5.32 Å². The lowest BCUT2D eigenvalue weighted by Gasteiger charge is -2.56. The first-order valence-electron chi connectivity index (χ1n) is 18.9. The molecule has 1 saturated heterocycles. The molecule has 0 aromatic heterocycles. The number of esters is 1. The van der Waals surface area contributed by atoms with Crippen LogP contribution in [0.2, 0.25) is 0 Å². The second kappa shape index (κ2) is 18.2. The topological polar surface area (TPSA) is 141 Å². The zero-order valence-electron chi connectivity index (χ0n) is 33.0. The lowest BCUT2D eigenvalue weighted by molar-refractivity contribution is -0.314. The standard InChI is InChI=1S/C39H67N3O8/c1-12-15-20-48-33(46)31(50-42-38(10,13-2)24-30(44)28(4)39(42,11)14-3)18-19-36(7,8)32(45)17-16-21-49-34(47)41-29-22-35(5,6)25-37(9,23-29)26-40-27-43/h28-29,31H,12-26H2,1-11H3,(H,41,47). The van der Waals surface area contributed by atoms with E-state index in [1.54, 1.807) is 6.08 Å². The van der Waals surface area contributed by atoms with E-state index in [1.165, 1.54) is 0 Å². The van der Waals surface area contributed by atoms with E-state index in [0.717, 1.165) is 25.7 Å². The number of ketones is 2. The van der Waals surface area contributed by atoms with E-state index in [2.05, 4.69) is 31.1 Å². The van der Waals surface area contributed by atoms with Crippen LogP contribution in [-0.4, -0.2) is 77.8 Å². The van der Waals surface area contributed by atoms with Crippen LogP contribution in [0.15, 0.2) is 4.99 Å². The zero-order chi connectivity index (χ0) is 38.0. The quantitative estimate of drug-likeness (QED) is 0.0620. The van der Waals surface area contributed by atoms with Gasteiger partial charge in [-0.2, -0.15) is 5.06 Å². The normalized spacial score (nSPS) is 29.1. The molecule has 6 atom stereocenters. The molecule has 1 aliphatic heterocycles. The zero-order valence-corrected chi connectivity index (χ0v) is 33.0. The van der Waals surface area contributed by atoms with E-state index in [4.69, 9.17) is 14.3 Å². The number of carbonyl (C=O) groups excluding carboxylic acids is 5. The van der Waals surface area contributed by atoms with Crippen molar-refractivity contribution in [3.63, 3.8) is 0 Å². The smallest absolute Gasteiger partial charge is 0.407 e. The van der Waals surface area contributed by atoms with Gasteiger partial charge in [0.15, 0.2) is 6.10 Å². The maximum absolute atomic E-state index is 13.5. The minimum Gasteiger partial charge on any atom is -0.464 e. The van der Waals surface area contributed by atoms with Crippen molar-refractivity contribution in [2.24, 2.45) is 27.2 Å². The molecule has 0 aromatic rings. The third kappa shape index (κ3) is 11.7. The minimum atomic E-state index is -0.931. The van der Waals surface area contributed by atoms with Crippen molar-refractivity contribution in [1.29, 1.82) is 0 Å². The number of unbranched alkanes of at least 4 members (excludes halogenated alkanes) is 1. The number of ether oxygens (including phenoxy) is 2. The fourth-order valence-corrected chi connectivity index (χ4v) is 8.11. The number of alkyl carbamates (subject to hydrolysis) is 1. The van der Waals surface area contributed by atoms with Gasteiger partial charge in [0.2, 0.25) is 6.08 Å². The van der Waals surface area contributed by atoms with Gasteiger partial charge < -0.3 is 14.8 Å². The van der Waals surface area contributed by atoms with E-state index in [9.17, 15) is 24.0 Å². The minimum absolute atomic E-state index is 0.00845. The van der Waals surface area contributed by atoms with Crippen molar-refractivity contribution < 1.29 is 38.3 Å². The Kier molecular flexibility index (Phi) is 15.9. The molecule has 6 unspecified atom stereocenters. The summed E-state index contributed by atoms with van der Waals surface area (Å²) in [5.41, 5.74) is -2.22. The van der Waals surface area contributed by atoms with Crippen LogP contribution in [0.1, 0.15) is 153 Å². The first kappa shape index (κ1) is 43.5. The average Bonchev–Trinajstić information content (AvgIpc) is 3.03. The van der Waals surface area contributed by atoms with Gasteiger partial charge in [-0.1, -0.05) is 68.7 Å². The summed E-state index contributed by atoms with van der Waals surface area (Å²) in [5, 5.41) is 4.88. The highest BCUT2D eigenvalue weighted by Crippen LogP contribution is 2.47. The summed E-state index contributed by atoms with van der Waals surface area (Å²) in [6.45, 7) is 22.9. The molecule has 2 fully saturated rings. The number of nitrogens with one attached hydrogen (secondary N) is 1. The van der Waals surface area contributed by atoms with Crippen LogP contribution in [0.3, 0.4) is 0 Å². The maximum atomic E-state index is 13.5. The lowest BCUT2D eigenvalue weighted by atomic mass is 9.62. The van der Waals surface area contributed by atoms with Crippen molar-refractivity contribution in [1.82, 2.24) is 10.4 Å². The van der Waals surface area contributed by atoms with E-state index in [1.807, 2.05) is 60.5 Å². The van der Waals surface area contributed by atoms with E-state index in [0.29, 0.717) is 51.7 Å². The van der Waals surface area contributed by atoms with Gasteiger partial charge in [0.1, 0.15) is 11.6 Å². The molecule has 1 heterocycles. The molecule has 2 rings (SSSR count). The van der Waals surface area contributed by atoms with E-state index >= 15 is 0 Å². The van der Waals surface area contributed by atoms with Crippen molar-refractivity contribution >= 4 is 29.7 Å². The Morgan fingerprint density at radius 2 is 1.68 bits per heavy atom. The van der Waals surface area contributed by atoms with Crippen LogP contribution >= 0.6 is 0 Å². The summed E-state index contributed by atoms with van der Waals surface area (Å²) < 4.78 is 11.1. The molecule has 1 N–H and O–H groups in total. The van der Waals surface area contributed by atoms with Gasteiger partial charge >= 0.3 is 12.1 Å². The number of hydrogen-bond acceptors (Lipinski definition) is 10. The summed E-state index contributed by atoms with van der Waals surface area (Å²) in [4.78, 5) is 73.8. The van der Waals surface area contributed by atoms with Gasteiger partial charge in [0, 0.05) is 30.2 Å². The molecule has 11 heteroatoms. The summed E-state index contributed by atoms with van der Waals surface area (Å²) in [5.74, 6) is -0.532. The summed E-state index contributed by atoms with van der Waals surface area (Å²) >= 11 is 0. The number of carbonyl (C=O) groups is 4. The SMILES string of the molecule is CCCCOC(=O)C(CCC(C)(C)C(=O)CCCOC(=O)NC1CC(C)(C)CC(C)(CN=C=O)C1)ON1C(C)(CC)CC(=O)C(C)C1(C)CC. The second-order valence-corrected chi connectivity index (χ2v) is 17.2. The Balaban J connectivity index is 2.02. The molecular formula is C39H67N3O8. The number of isocyanates is 1. The van der Waals surface area contributed by atoms with Crippen LogP contribution in [0.25, 0.3) is 0 Å². The molecule has 0 spiro atoms. The Bertz CT molecular complexity index is 1230. The highest BCUT2D eigenvalue weighted by atomic mass is 16.7. The molecule has 0 aromatic carbocycles. The number of amides is 1. The fraction of sp³-hybridized carbons (Fsp3) is 0.872. The van der Waals surface area contributed by atoms with Gasteiger partial charge in [0.25, 0.3) is 0 Å². The number of piperidine rings is 1. The van der Waals surface area contributed by atoms with Gasteiger partial charge in [-0.15, -0.1) is 0 Å². The summed E-state index contributed by atoms with van der Waals surface area (Å²) in [6.07, 6.45) is 7.08. The molecule has 11 nitrogen and oxygen atoms in total. The number of hydrogen-bond donors (Lipinski definition) is 1. The number of Topliss-reactive ketones (excluding diaryl/α,β-unsaturated/α-hetero) is 2. The fourth-order valence-electron chi connectivity index (χ4n) is 8.11. The van der Waals surface area contributed by atoms with E-state index in [-0.39, 0.29) is 53.8 Å². The van der Waals surface area contributed by atoms with Gasteiger partial charge in [-0.3, -0.25) is 14.4 Å². The van der Waals surface area contributed by atoms with Crippen molar-refractivity contribution in [2.75, 3.05) is 19.8 Å². The highest BCUT2D eigenvalue weighted by molar-refractivity contribution is 5.85. The molecule has 1 aliphatic carbocycles. The first-order valence-corrected chi connectivity index (χ1v) is 18.9. The second-order valence-electron chi connectivity index (χ2n) is 17.2. The molecule has 1 saturated carbocycles. The predicted octanol–water partition coefficient (Wildman–Crippen LogP) is 7.68. The first-order chi connectivity index (χ1) is 23.2. The van der Waals surface area contributed by atoms with Crippen LogP contribution in [0.5, 0.6) is 0 Å². The summed E-state index contributed by atoms with van der Waals surface area (Å²) in [6, 6.07) is -0.110. The Hall–Kier alpha value is -2.62. The Morgan fingerprint density at radius 1 is 1.02 bits per heavy atom. The van der Waals surface area contributed by atoms with E-state index < -0.39 is 34.7 Å². The monoisotopic (exact) mass is 705 g/mol. The lowest BCUT2D eigenvalue weighted by Crippen LogP contribution is -2.67. The molecule has 50 heavy (non-hydrogen) atoms. The predicted molar refractivity (Wildman–Crippen MR) is 193 cm³/mol. The maximum Gasteiger partial charge on any atom is 0.407 e. The summed E-state index contributed by atoms with van der Waals surface area (Å²) in [7, 11) is 0. The van der Waals surface area contributed by atoms with Crippen molar-refractivity contribution in [3.8, 4) is 0 Å². The molecule has 286 valence electrons. The van der Waals surface area contributed by atoms with Crippen LogP contribution in [0, 0.1) is 22.2 Å². The Labute approximate surface area is 301 Å². The molecular weight excluding hydrogens is 638 g/mol. The third-order valence-electron chi connectivity index (χ3n) is 11.5.